The minimum absolute atomic E-state index is 0.00538. The number of amides is 2. The minimum Gasteiger partial charge on any atom is -0.456 e. The summed E-state index contributed by atoms with van der Waals surface area (Å²) in [6.45, 7) is 2.02. The first-order valence-electron chi connectivity index (χ1n) is 11.7. The van der Waals surface area contributed by atoms with Crippen molar-refractivity contribution in [3.63, 3.8) is 0 Å². The van der Waals surface area contributed by atoms with Crippen LogP contribution in [0.5, 0.6) is 0 Å². The van der Waals surface area contributed by atoms with Gasteiger partial charge in [-0.15, -0.1) is 0 Å². The molecule has 0 saturated heterocycles. The number of aryl methyl sites for hydroxylation is 2. The van der Waals surface area contributed by atoms with Gasteiger partial charge in [-0.3, -0.25) is 28.9 Å². The van der Waals surface area contributed by atoms with Crippen molar-refractivity contribution in [2.45, 2.75) is 13.8 Å². The van der Waals surface area contributed by atoms with Crippen molar-refractivity contribution < 1.29 is 38.2 Å². The van der Waals surface area contributed by atoms with E-state index in [4.69, 9.17) is 9.47 Å². The summed E-state index contributed by atoms with van der Waals surface area (Å²) in [5.41, 5.74) is 2.59. The summed E-state index contributed by atoms with van der Waals surface area (Å²) >= 11 is 0. The molecule has 0 saturated carbocycles. The zero-order chi connectivity index (χ0) is 27.4. The number of esters is 2. The maximum Gasteiger partial charge on any atom is 0.338 e. The third-order valence-corrected chi connectivity index (χ3v) is 5.94. The van der Waals surface area contributed by atoms with Crippen LogP contribution in [-0.2, 0) is 14.3 Å². The standard InChI is InChI=1S/C29H23NO8/c1-17-3-7-19(8-4-17)24(31)15-37-26(33)14-30-27(34)22-12-11-21(13-23(22)28(30)35)29(36)38-16-25(32)20-9-5-18(2)6-10-20/h3-13H,14-16H2,1-2H3. The van der Waals surface area contributed by atoms with Crippen molar-refractivity contribution >= 4 is 35.3 Å². The van der Waals surface area contributed by atoms with E-state index in [1.165, 1.54) is 18.2 Å². The highest BCUT2D eigenvalue weighted by Crippen LogP contribution is 2.24. The molecule has 3 aromatic rings. The van der Waals surface area contributed by atoms with Crippen molar-refractivity contribution in [2.24, 2.45) is 0 Å². The molecule has 4 rings (SSSR count). The predicted octanol–water partition coefficient (Wildman–Crippen LogP) is 3.37. The first kappa shape index (κ1) is 26.2. The fourth-order valence-electron chi connectivity index (χ4n) is 3.74. The molecule has 38 heavy (non-hydrogen) atoms. The van der Waals surface area contributed by atoms with Gasteiger partial charge in [-0.05, 0) is 32.0 Å². The Morgan fingerprint density at radius 2 is 1.11 bits per heavy atom. The molecule has 2 amide bonds. The number of Topliss-reactive ketones (excluding diaryl/α,β-unsaturated/α-hetero) is 2. The molecule has 0 fully saturated rings. The van der Waals surface area contributed by atoms with Crippen LogP contribution < -0.4 is 0 Å². The van der Waals surface area contributed by atoms with Crippen molar-refractivity contribution in [3.05, 3.63) is 106 Å². The Bertz CT molecular complexity index is 1450. The molecule has 192 valence electrons. The molecule has 1 heterocycles. The Balaban J connectivity index is 1.35. The third kappa shape index (κ3) is 5.73. The van der Waals surface area contributed by atoms with Gasteiger partial charge in [0.2, 0.25) is 0 Å². The predicted molar refractivity (Wildman–Crippen MR) is 134 cm³/mol. The van der Waals surface area contributed by atoms with Crippen molar-refractivity contribution in [1.29, 1.82) is 0 Å². The van der Waals surface area contributed by atoms with Crippen LogP contribution in [0.1, 0.15) is 62.9 Å². The summed E-state index contributed by atoms with van der Waals surface area (Å²) in [7, 11) is 0. The lowest BCUT2D eigenvalue weighted by atomic mass is 10.1. The normalized spacial score (nSPS) is 12.2. The number of ether oxygens (including phenoxy) is 2. The van der Waals surface area contributed by atoms with Gasteiger partial charge >= 0.3 is 11.9 Å². The van der Waals surface area contributed by atoms with Gasteiger partial charge in [0, 0.05) is 11.1 Å². The lowest BCUT2D eigenvalue weighted by molar-refractivity contribution is -0.142. The van der Waals surface area contributed by atoms with Crippen LogP contribution >= 0.6 is 0 Å². The van der Waals surface area contributed by atoms with Gasteiger partial charge in [0.1, 0.15) is 6.54 Å². The number of hydrogen-bond acceptors (Lipinski definition) is 8. The molecule has 9 nitrogen and oxygen atoms in total. The van der Waals surface area contributed by atoms with Crippen LogP contribution in [0.4, 0.5) is 0 Å². The second-order valence-electron chi connectivity index (χ2n) is 8.77. The van der Waals surface area contributed by atoms with Gasteiger partial charge in [-0.2, -0.15) is 0 Å². The first-order chi connectivity index (χ1) is 18.1. The Labute approximate surface area is 218 Å². The average molecular weight is 514 g/mol. The first-order valence-corrected chi connectivity index (χ1v) is 11.7. The number of carbonyl (C=O) groups is 6. The number of nitrogens with zero attached hydrogens (tertiary/aromatic N) is 1. The number of benzene rings is 3. The topological polar surface area (TPSA) is 124 Å². The summed E-state index contributed by atoms with van der Waals surface area (Å²) in [4.78, 5) is 75.4. The van der Waals surface area contributed by atoms with E-state index in [1.54, 1.807) is 48.5 Å². The van der Waals surface area contributed by atoms with E-state index in [1.807, 2.05) is 13.8 Å². The number of ketones is 2. The van der Waals surface area contributed by atoms with E-state index in [0.717, 1.165) is 11.1 Å². The highest BCUT2D eigenvalue weighted by Gasteiger charge is 2.37. The SMILES string of the molecule is Cc1ccc(C(=O)COC(=O)CN2C(=O)c3ccc(C(=O)OCC(=O)c4ccc(C)cc4)cc3C2=O)cc1. The highest BCUT2D eigenvalue weighted by molar-refractivity contribution is 6.22. The molecule has 0 N–H and O–H groups in total. The molecule has 0 spiro atoms. The van der Waals surface area contributed by atoms with E-state index in [0.29, 0.717) is 16.0 Å². The Kier molecular flexibility index (Phi) is 7.57. The lowest BCUT2D eigenvalue weighted by Crippen LogP contribution is -2.36. The minimum atomic E-state index is -0.936. The number of hydrogen-bond donors (Lipinski definition) is 0. The maximum absolute atomic E-state index is 12.8. The summed E-state index contributed by atoms with van der Waals surface area (Å²) < 4.78 is 10.0. The summed E-state index contributed by atoms with van der Waals surface area (Å²) in [6.07, 6.45) is 0. The fourth-order valence-corrected chi connectivity index (χ4v) is 3.74. The molecule has 1 aliphatic heterocycles. The van der Waals surface area contributed by atoms with Crippen LogP contribution in [-0.4, -0.2) is 60.0 Å². The molecular formula is C29H23NO8. The molecule has 3 aromatic carbocycles. The van der Waals surface area contributed by atoms with Gasteiger partial charge < -0.3 is 9.47 Å². The van der Waals surface area contributed by atoms with E-state index in [-0.39, 0.29) is 16.7 Å². The van der Waals surface area contributed by atoms with Crippen LogP contribution in [0.3, 0.4) is 0 Å². The number of imide groups is 1. The van der Waals surface area contributed by atoms with Crippen LogP contribution in [0, 0.1) is 13.8 Å². The van der Waals surface area contributed by atoms with Gasteiger partial charge in [-0.1, -0.05) is 59.7 Å². The summed E-state index contributed by atoms with van der Waals surface area (Å²) in [6, 6.07) is 17.3. The summed E-state index contributed by atoms with van der Waals surface area (Å²) in [5.74, 6) is -4.13. The van der Waals surface area contributed by atoms with Gasteiger partial charge in [0.15, 0.2) is 24.8 Å². The average Bonchev–Trinajstić information content (AvgIpc) is 3.15. The number of carbonyl (C=O) groups excluding carboxylic acids is 6. The monoisotopic (exact) mass is 513 g/mol. The zero-order valence-corrected chi connectivity index (χ0v) is 20.7. The lowest BCUT2D eigenvalue weighted by Gasteiger charge is -2.12. The molecule has 9 heteroatoms. The Hall–Kier alpha value is -4.92. The second kappa shape index (κ2) is 11.0. The molecule has 0 unspecified atom stereocenters. The quantitative estimate of drug-likeness (QED) is 0.242. The van der Waals surface area contributed by atoms with Gasteiger partial charge in [0.25, 0.3) is 11.8 Å². The maximum atomic E-state index is 12.8. The van der Waals surface area contributed by atoms with Crippen LogP contribution in [0.15, 0.2) is 66.7 Å². The van der Waals surface area contributed by atoms with E-state index < -0.39 is 55.1 Å². The van der Waals surface area contributed by atoms with E-state index in [9.17, 15) is 28.8 Å². The van der Waals surface area contributed by atoms with Crippen LogP contribution in [0.25, 0.3) is 0 Å². The molecule has 0 radical (unpaired) electrons. The second-order valence-corrected chi connectivity index (χ2v) is 8.77. The third-order valence-electron chi connectivity index (χ3n) is 5.94. The van der Waals surface area contributed by atoms with Crippen molar-refractivity contribution in [1.82, 2.24) is 4.90 Å². The summed E-state index contributed by atoms with van der Waals surface area (Å²) in [5, 5.41) is 0. The van der Waals surface area contributed by atoms with Gasteiger partial charge in [-0.25, -0.2) is 4.79 Å². The van der Waals surface area contributed by atoms with E-state index in [2.05, 4.69) is 0 Å². The molecule has 1 aliphatic rings. The van der Waals surface area contributed by atoms with E-state index >= 15 is 0 Å². The Morgan fingerprint density at radius 1 is 0.632 bits per heavy atom. The van der Waals surface area contributed by atoms with Gasteiger partial charge in [0.05, 0.1) is 16.7 Å². The number of fused-ring (bicyclic) bond motifs is 1. The smallest absolute Gasteiger partial charge is 0.338 e. The number of rotatable bonds is 9. The molecule has 0 atom stereocenters. The van der Waals surface area contributed by atoms with Crippen molar-refractivity contribution in [2.75, 3.05) is 19.8 Å². The van der Waals surface area contributed by atoms with Crippen molar-refractivity contribution in [3.8, 4) is 0 Å². The fraction of sp³-hybridized carbons (Fsp3) is 0.172. The molecular weight excluding hydrogens is 490 g/mol. The molecule has 0 bridgehead atoms. The zero-order valence-electron chi connectivity index (χ0n) is 20.7. The Morgan fingerprint density at radius 3 is 1.66 bits per heavy atom. The molecule has 0 aliphatic carbocycles. The molecule has 0 aromatic heterocycles. The largest absolute Gasteiger partial charge is 0.456 e. The highest BCUT2D eigenvalue weighted by atomic mass is 16.5. The van der Waals surface area contributed by atoms with Crippen LogP contribution in [0.2, 0.25) is 0 Å².